The number of hydrogen-bond acceptors (Lipinski definition) is 3. The molecule has 0 amide bonds. The van der Waals surface area contributed by atoms with Gasteiger partial charge in [0.25, 0.3) is 6.43 Å². The maximum atomic E-state index is 14.5. The monoisotopic (exact) mass is 461 g/mol. The van der Waals surface area contributed by atoms with E-state index in [-0.39, 0.29) is 33.2 Å². The lowest BCUT2D eigenvalue weighted by atomic mass is 9.90. The third-order valence-electron chi connectivity index (χ3n) is 5.23. The smallest absolute Gasteiger partial charge is 0.341 e. The third-order valence-corrected chi connectivity index (χ3v) is 7.63. The SMILES string of the molecule is C[C@@H]1C[C@](F)(C(=O)O)CCN1S(=O)(=O)c1ccc(C(F)F)cc1-c1ccccc1Cl. The fraction of sp³-hybridized carbons (Fsp3) is 0.350. The van der Waals surface area contributed by atoms with E-state index >= 15 is 0 Å². The molecule has 0 bridgehead atoms. The number of rotatable bonds is 5. The maximum absolute atomic E-state index is 14.5. The minimum atomic E-state index is -4.25. The molecular weight excluding hydrogens is 443 g/mol. The Morgan fingerprint density at radius 3 is 2.47 bits per heavy atom. The van der Waals surface area contributed by atoms with Gasteiger partial charge >= 0.3 is 5.97 Å². The van der Waals surface area contributed by atoms with Crippen LogP contribution in [0, 0.1) is 0 Å². The Labute approximate surface area is 177 Å². The number of sulfonamides is 1. The lowest BCUT2D eigenvalue weighted by Crippen LogP contribution is -2.52. The summed E-state index contributed by atoms with van der Waals surface area (Å²) in [6, 6.07) is 8.47. The summed E-state index contributed by atoms with van der Waals surface area (Å²) in [5.74, 6) is -1.63. The van der Waals surface area contributed by atoms with E-state index < -0.39 is 47.0 Å². The summed E-state index contributed by atoms with van der Waals surface area (Å²) in [7, 11) is -4.25. The first-order chi connectivity index (χ1) is 14.0. The van der Waals surface area contributed by atoms with Gasteiger partial charge < -0.3 is 5.11 Å². The second kappa shape index (κ2) is 8.20. The van der Waals surface area contributed by atoms with E-state index in [1.54, 1.807) is 12.1 Å². The number of nitrogens with zero attached hydrogens (tertiary/aromatic N) is 1. The van der Waals surface area contributed by atoms with Gasteiger partial charge in [-0.1, -0.05) is 35.9 Å². The number of carbonyl (C=O) groups is 1. The molecule has 0 spiro atoms. The predicted octanol–water partition coefficient (Wildman–Crippen LogP) is 4.91. The summed E-state index contributed by atoms with van der Waals surface area (Å²) in [5.41, 5.74) is -2.63. The first kappa shape index (κ1) is 22.6. The van der Waals surface area contributed by atoms with Crippen LogP contribution in [-0.2, 0) is 14.8 Å². The van der Waals surface area contributed by atoms with Gasteiger partial charge in [0.05, 0.1) is 4.90 Å². The summed E-state index contributed by atoms with van der Waals surface area (Å²) >= 11 is 6.19. The maximum Gasteiger partial charge on any atom is 0.341 e. The van der Waals surface area contributed by atoms with Crippen molar-refractivity contribution in [1.29, 1.82) is 0 Å². The van der Waals surface area contributed by atoms with Crippen LogP contribution in [0.5, 0.6) is 0 Å². The largest absolute Gasteiger partial charge is 0.479 e. The Hall–Kier alpha value is -2.10. The van der Waals surface area contributed by atoms with Crippen molar-refractivity contribution in [2.24, 2.45) is 0 Å². The van der Waals surface area contributed by atoms with Crippen LogP contribution in [-0.4, -0.2) is 42.1 Å². The highest BCUT2D eigenvalue weighted by Gasteiger charge is 2.48. The van der Waals surface area contributed by atoms with E-state index in [2.05, 4.69) is 0 Å². The fourth-order valence-corrected chi connectivity index (χ4v) is 5.71. The first-order valence-corrected chi connectivity index (χ1v) is 10.9. The van der Waals surface area contributed by atoms with Gasteiger partial charge in [-0.15, -0.1) is 0 Å². The second-order valence-electron chi connectivity index (χ2n) is 7.23. The topological polar surface area (TPSA) is 74.7 Å². The quantitative estimate of drug-likeness (QED) is 0.686. The van der Waals surface area contributed by atoms with Crippen LogP contribution in [0.15, 0.2) is 47.4 Å². The Balaban J connectivity index is 2.11. The van der Waals surface area contributed by atoms with E-state index in [0.717, 1.165) is 22.5 Å². The molecule has 0 unspecified atom stereocenters. The number of carboxylic acid groups (broad SMARTS) is 1. The summed E-state index contributed by atoms with van der Waals surface area (Å²) in [4.78, 5) is 10.9. The van der Waals surface area contributed by atoms with Crippen molar-refractivity contribution < 1.29 is 31.5 Å². The van der Waals surface area contributed by atoms with Crippen LogP contribution in [0.2, 0.25) is 5.02 Å². The highest BCUT2D eigenvalue weighted by atomic mass is 35.5. The molecule has 1 heterocycles. The summed E-state index contributed by atoms with van der Waals surface area (Å²) in [6.07, 6.45) is -3.85. The molecule has 0 radical (unpaired) electrons. The Morgan fingerprint density at radius 1 is 1.23 bits per heavy atom. The molecule has 2 atom stereocenters. The van der Waals surface area contributed by atoms with E-state index in [9.17, 15) is 26.4 Å². The van der Waals surface area contributed by atoms with Crippen molar-refractivity contribution in [1.82, 2.24) is 4.31 Å². The van der Waals surface area contributed by atoms with Crippen LogP contribution in [0.1, 0.15) is 31.8 Å². The fourth-order valence-electron chi connectivity index (χ4n) is 3.66. The van der Waals surface area contributed by atoms with Crippen molar-refractivity contribution in [3.63, 3.8) is 0 Å². The summed E-state index contributed by atoms with van der Waals surface area (Å²) < 4.78 is 68.9. The molecule has 1 fully saturated rings. The molecule has 0 aliphatic carbocycles. The van der Waals surface area contributed by atoms with Gasteiger partial charge in [-0.2, -0.15) is 4.31 Å². The van der Waals surface area contributed by atoms with Gasteiger partial charge in [0.1, 0.15) is 0 Å². The number of carboxylic acids is 1. The molecule has 1 aliphatic rings. The van der Waals surface area contributed by atoms with Crippen molar-refractivity contribution in [3.05, 3.63) is 53.1 Å². The summed E-state index contributed by atoms with van der Waals surface area (Å²) in [6.45, 7) is 1.06. The van der Waals surface area contributed by atoms with Crippen LogP contribution < -0.4 is 0 Å². The molecule has 1 saturated heterocycles. The lowest BCUT2D eigenvalue weighted by Gasteiger charge is -2.38. The van der Waals surface area contributed by atoms with Crippen molar-refractivity contribution in [2.45, 2.75) is 42.8 Å². The van der Waals surface area contributed by atoms with E-state index in [1.165, 1.54) is 19.1 Å². The van der Waals surface area contributed by atoms with Crippen molar-refractivity contribution >= 4 is 27.6 Å². The van der Waals surface area contributed by atoms with Crippen LogP contribution in [0.4, 0.5) is 13.2 Å². The number of piperidine rings is 1. The van der Waals surface area contributed by atoms with E-state index in [0.29, 0.717) is 0 Å². The zero-order chi connectivity index (χ0) is 22.3. The molecule has 0 aromatic heterocycles. The number of halogens is 4. The predicted molar refractivity (Wildman–Crippen MR) is 106 cm³/mol. The standard InChI is InChI=1S/C20H19ClF3NO4S/c1-12-11-20(24,19(26)27)8-9-25(12)30(28,29)17-7-6-13(18(22)23)10-15(17)14-4-2-3-5-16(14)21/h2-7,10,12,18H,8-9,11H2,1H3,(H,26,27)/t12-,20+/m1/s1. The number of aliphatic carboxylic acids is 1. The molecule has 2 aromatic carbocycles. The van der Waals surface area contributed by atoms with Gasteiger partial charge in [-0.05, 0) is 25.1 Å². The van der Waals surface area contributed by atoms with Crippen LogP contribution in [0.25, 0.3) is 11.1 Å². The number of hydrogen-bond donors (Lipinski definition) is 1. The zero-order valence-electron chi connectivity index (χ0n) is 15.9. The van der Waals surface area contributed by atoms with Crippen LogP contribution in [0.3, 0.4) is 0 Å². The first-order valence-electron chi connectivity index (χ1n) is 9.08. The molecule has 0 saturated carbocycles. The number of benzene rings is 2. The van der Waals surface area contributed by atoms with Gasteiger partial charge in [-0.25, -0.2) is 26.4 Å². The van der Waals surface area contributed by atoms with Crippen LogP contribution >= 0.6 is 11.6 Å². The molecule has 10 heteroatoms. The average molecular weight is 462 g/mol. The molecule has 2 aromatic rings. The normalized spacial score (nSPS) is 22.9. The minimum Gasteiger partial charge on any atom is -0.479 e. The van der Waals surface area contributed by atoms with E-state index in [4.69, 9.17) is 16.7 Å². The third kappa shape index (κ3) is 4.06. The highest BCUT2D eigenvalue weighted by molar-refractivity contribution is 7.89. The Kier molecular flexibility index (Phi) is 6.18. The van der Waals surface area contributed by atoms with Gasteiger partial charge in [0, 0.05) is 47.1 Å². The zero-order valence-corrected chi connectivity index (χ0v) is 17.4. The van der Waals surface area contributed by atoms with Crippen molar-refractivity contribution in [3.8, 4) is 11.1 Å². The minimum absolute atomic E-state index is 0.000852. The molecule has 1 aliphatic heterocycles. The summed E-state index contributed by atoms with van der Waals surface area (Å²) in [5, 5.41) is 9.28. The molecular formula is C20H19ClF3NO4S. The van der Waals surface area contributed by atoms with E-state index in [1.807, 2.05) is 0 Å². The molecule has 5 nitrogen and oxygen atoms in total. The van der Waals surface area contributed by atoms with Crippen molar-refractivity contribution in [2.75, 3.05) is 6.54 Å². The lowest BCUT2D eigenvalue weighted by molar-refractivity contribution is -0.154. The molecule has 1 N–H and O–H groups in total. The van der Waals surface area contributed by atoms with Gasteiger partial charge in [0.15, 0.2) is 0 Å². The molecule has 3 rings (SSSR count). The average Bonchev–Trinajstić information content (AvgIpc) is 2.67. The number of alkyl halides is 3. The Bertz CT molecular complexity index is 1080. The highest BCUT2D eigenvalue weighted by Crippen LogP contribution is 2.39. The Morgan fingerprint density at radius 2 is 1.90 bits per heavy atom. The van der Waals surface area contributed by atoms with Gasteiger partial charge in [0.2, 0.25) is 15.7 Å². The second-order valence-corrected chi connectivity index (χ2v) is 9.49. The van der Waals surface area contributed by atoms with Gasteiger partial charge in [-0.3, -0.25) is 0 Å². The molecule has 30 heavy (non-hydrogen) atoms. The molecule has 162 valence electrons.